The molecule has 2 amide bonds. The van der Waals surface area contributed by atoms with Gasteiger partial charge in [0.1, 0.15) is 6.04 Å². The Kier molecular flexibility index (Phi) is 9.22. The van der Waals surface area contributed by atoms with Gasteiger partial charge >= 0.3 is 0 Å². The molecule has 1 aromatic heterocycles. The first-order chi connectivity index (χ1) is 14.3. The van der Waals surface area contributed by atoms with Gasteiger partial charge < -0.3 is 14.8 Å². The van der Waals surface area contributed by atoms with Gasteiger partial charge in [0.25, 0.3) is 0 Å². The first-order valence-corrected chi connectivity index (χ1v) is 11.5. The van der Waals surface area contributed by atoms with Crippen LogP contribution in [0, 0.1) is 6.92 Å². The molecule has 166 valence electrons. The average molecular weight is 434 g/mol. The molecular weight excluding hydrogens is 398 g/mol. The van der Waals surface area contributed by atoms with Gasteiger partial charge in [0.05, 0.1) is 6.42 Å². The number of carbonyl (C=O) groups excluding carboxylic acids is 2. The number of amides is 2. The minimum atomic E-state index is -0.470. The Labute approximate surface area is 185 Å². The molecule has 0 aliphatic carbocycles. The lowest BCUT2D eigenvalue weighted by atomic mass is 10.1. The van der Waals surface area contributed by atoms with Crippen LogP contribution in [0.5, 0.6) is 0 Å². The number of aromatic nitrogens is 1. The average Bonchev–Trinajstić information content (AvgIpc) is 2.98. The van der Waals surface area contributed by atoms with E-state index in [1.54, 1.807) is 4.90 Å². The minimum absolute atomic E-state index is 0.000928. The van der Waals surface area contributed by atoms with E-state index < -0.39 is 6.04 Å². The van der Waals surface area contributed by atoms with Crippen molar-refractivity contribution >= 4 is 34.3 Å². The predicted molar refractivity (Wildman–Crippen MR) is 125 cm³/mol. The molecule has 1 heterocycles. The molecule has 0 radical (unpaired) electrons. The van der Waals surface area contributed by atoms with E-state index in [9.17, 15) is 9.59 Å². The van der Waals surface area contributed by atoms with Crippen molar-refractivity contribution in [3.63, 3.8) is 0 Å². The largest absolute Gasteiger partial charge is 0.345 e. The van der Waals surface area contributed by atoms with Crippen LogP contribution in [-0.4, -0.2) is 40.9 Å². The topological polar surface area (TPSA) is 54.3 Å². The van der Waals surface area contributed by atoms with E-state index >= 15 is 0 Å². The molecule has 1 aromatic carbocycles. The second-order valence-corrected chi connectivity index (χ2v) is 8.46. The molecule has 0 saturated heterocycles. The number of hydrogen-bond acceptors (Lipinski definition) is 2. The fourth-order valence-corrected chi connectivity index (χ4v) is 4.17. The predicted octanol–water partition coefficient (Wildman–Crippen LogP) is 5.10. The molecule has 1 N–H and O–H groups in total. The van der Waals surface area contributed by atoms with Gasteiger partial charge in [-0.1, -0.05) is 44.7 Å². The first kappa shape index (κ1) is 24.3. The van der Waals surface area contributed by atoms with E-state index in [0.29, 0.717) is 11.4 Å². The highest BCUT2D eigenvalue weighted by Gasteiger charge is 2.24. The molecule has 0 fully saturated rings. The van der Waals surface area contributed by atoms with Gasteiger partial charge in [0, 0.05) is 41.8 Å². The molecule has 0 aliphatic heterocycles. The molecule has 1 unspecified atom stereocenters. The fourth-order valence-electron chi connectivity index (χ4n) is 4.00. The summed E-state index contributed by atoms with van der Waals surface area (Å²) < 4.78 is 2.20. The summed E-state index contributed by atoms with van der Waals surface area (Å²) in [5.74, 6) is -0.118. The SMILES string of the molecule is CCCCC(NC(=O)Cc1c(C)n(CC)c2ccc(Cl)cc12)C(=O)N(C)CCCC. The summed E-state index contributed by atoms with van der Waals surface area (Å²) in [6.45, 7) is 9.88. The third kappa shape index (κ3) is 5.78. The maximum atomic E-state index is 13.0. The molecular formula is C24H36ClN3O2. The molecule has 30 heavy (non-hydrogen) atoms. The zero-order valence-electron chi connectivity index (χ0n) is 19.1. The van der Waals surface area contributed by atoms with E-state index in [2.05, 4.69) is 30.7 Å². The van der Waals surface area contributed by atoms with Crippen molar-refractivity contribution in [2.45, 2.75) is 78.8 Å². The van der Waals surface area contributed by atoms with Crippen LogP contribution in [0.4, 0.5) is 0 Å². The van der Waals surface area contributed by atoms with Gasteiger partial charge in [-0.2, -0.15) is 0 Å². The number of halogens is 1. The Morgan fingerprint density at radius 1 is 1.17 bits per heavy atom. The molecule has 0 aliphatic rings. The third-order valence-electron chi connectivity index (χ3n) is 5.77. The number of nitrogens with one attached hydrogen (secondary N) is 1. The number of unbranched alkanes of at least 4 members (excludes halogenated alkanes) is 2. The van der Waals surface area contributed by atoms with E-state index in [1.807, 2.05) is 32.2 Å². The molecule has 5 nitrogen and oxygen atoms in total. The number of carbonyl (C=O) groups is 2. The van der Waals surface area contributed by atoms with E-state index in [-0.39, 0.29) is 18.2 Å². The number of benzene rings is 1. The molecule has 1 atom stereocenters. The van der Waals surface area contributed by atoms with Crippen LogP contribution in [-0.2, 0) is 22.6 Å². The summed E-state index contributed by atoms with van der Waals surface area (Å²) >= 11 is 6.23. The number of hydrogen-bond donors (Lipinski definition) is 1. The zero-order valence-corrected chi connectivity index (χ0v) is 19.8. The highest BCUT2D eigenvalue weighted by molar-refractivity contribution is 6.31. The molecule has 0 spiro atoms. The van der Waals surface area contributed by atoms with Crippen LogP contribution in [0.3, 0.4) is 0 Å². The standard InChI is InChI=1S/C24H36ClN3O2/c1-6-9-11-21(24(30)27(5)14-10-7-2)26-23(29)16-19-17(4)28(8-3)22-13-12-18(25)15-20(19)22/h12-13,15,21H,6-11,14,16H2,1-5H3,(H,26,29). The van der Waals surface area contributed by atoms with Crippen LogP contribution < -0.4 is 5.32 Å². The maximum absolute atomic E-state index is 13.0. The monoisotopic (exact) mass is 433 g/mol. The second-order valence-electron chi connectivity index (χ2n) is 8.02. The molecule has 0 saturated carbocycles. The quantitative estimate of drug-likeness (QED) is 0.536. The number of aryl methyl sites for hydroxylation is 1. The first-order valence-electron chi connectivity index (χ1n) is 11.1. The van der Waals surface area contributed by atoms with Crippen molar-refractivity contribution in [3.05, 3.63) is 34.5 Å². The van der Waals surface area contributed by atoms with Crippen molar-refractivity contribution in [1.29, 1.82) is 0 Å². The van der Waals surface area contributed by atoms with Crippen molar-refractivity contribution in [3.8, 4) is 0 Å². The Balaban J connectivity index is 2.21. The van der Waals surface area contributed by atoms with Crippen molar-refractivity contribution < 1.29 is 9.59 Å². The fraction of sp³-hybridized carbons (Fsp3) is 0.583. The summed E-state index contributed by atoms with van der Waals surface area (Å²) in [6.07, 6.45) is 4.80. The van der Waals surface area contributed by atoms with Crippen LogP contribution in [0.1, 0.15) is 64.1 Å². The third-order valence-corrected chi connectivity index (χ3v) is 6.01. The van der Waals surface area contributed by atoms with Gasteiger partial charge in [-0.3, -0.25) is 9.59 Å². The number of nitrogens with zero attached hydrogens (tertiary/aromatic N) is 2. The smallest absolute Gasteiger partial charge is 0.244 e. The van der Waals surface area contributed by atoms with Crippen molar-refractivity contribution in [1.82, 2.24) is 14.8 Å². The van der Waals surface area contributed by atoms with Gasteiger partial charge in [0.2, 0.25) is 11.8 Å². The highest BCUT2D eigenvalue weighted by Crippen LogP contribution is 2.29. The van der Waals surface area contributed by atoms with Gasteiger partial charge in [-0.25, -0.2) is 0 Å². The minimum Gasteiger partial charge on any atom is -0.345 e. The Hall–Kier alpha value is -2.01. The summed E-state index contributed by atoms with van der Waals surface area (Å²) in [7, 11) is 1.82. The summed E-state index contributed by atoms with van der Waals surface area (Å²) in [4.78, 5) is 27.6. The van der Waals surface area contributed by atoms with Gasteiger partial charge in [-0.05, 0) is 50.5 Å². The van der Waals surface area contributed by atoms with E-state index in [0.717, 1.165) is 60.9 Å². The number of likely N-dealkylation sites (N-methyl/N-ethyl adjacent to an activating group) is 1. The Morgan fingerprint density at radius 3 is 2.50 bits per heavy atom. The normalized spacial score (nSPS) is 12.2. The van der Waals surface area contributed by atoms with Crippen molar-refractivity contribution in [2.75, 3.05) is 13.6 Å². The Morgan fingerprint density at radius 2 is 1.87 bits per heavy atom. The lowest BCUT2D eigenvalue weighted by Gasteiger charge is -2.24. The molecule has 2 aromatic rings. The lowest BCUT2D eigenvalue weighted by molar-refractivity contribution is -0.135. The van der Waals surface area contributed by atoms with E-state index in [4.69, 9.17) is 11.6 Å². The van der Waals surface area contributed by atoms with Crippen LogP contribution >= 0.6 is 11.6 Å². The summed E-state index contributed by atoms with van der Waals surface area (Å²) in [5.41, 5.74) is 3.13. The molecule has 0 bridgehead atoms. The van der Waals surface area contributed by atoms with E-state index in [1.165, 1.54) is 0 Å². The van der Waals surface area contributed by atoms with Gasteiger partial charge in [0.15, 0.2) is 0 Å². The summed E-state index contributed by atoms with van der Waals surface area (Å²) in [6, 6.07) is 5.34. The van der Waals surface area contributed by atoms with Crippen LogP contribution in [0.15, 0.2) is 18.2 Å². The number of rotatable bonds is 11. The molecule has 6 heteroatoms. The van der Waals surface area contributed by atoms with Crippen LogP contribution in [0.25, 0.3) is 10.9 Å². The highest BCUT2D eigenvalue weighted by atomic mass is 35.5. The van der Waals surface area contributed by atoms with Crippen LogP contribution in [0.2, 0.25) is 5.02 Å². The molecule has 2 rings (SSSR count). The van der Waals surface area contributed by atoms with Crippen molar-refractivity contribution in [2.24, 2.45) is 0 Å². The second kappa shape index (κ2) is 11.4. The number of fused-ring (bicyclic) bond motifs is 1. The van der Waals surface area contributed by atoms with Gasteiger partial charge in [-0.15, -0.1) is 0 Å². The lowest BCUT2D eigenvalue weighted by Crippen LogP contribution is -2.48. The zero-order chi connectivity index (χ0) is 22.3. The summed E-state index contributed by atoms with van der Waals surface area (Å²) in [5, 5.41) is 4.69. The maximum Gasteiger partial charge on any atom is 0.244 e. The Bertz CT molecular complexity index is 875.